The van der Waals surface area contributed by atoms with Crippen LogP contribution in [0.2, 0.25) is 0 Å². The molecule has 3 aromatic heterocycles. The van der Waals surface area contributed by atoms with E-state index in [4.69, 9.17) is 4.11 Å². The molecule has 3 nitrogen and oxygen atoms in total. The summed E-state index contributed by atoms with van der Waals surface area (Å²) in [6.45, 7) is 0. The smallest absolute Gasteiger partial charge is 0.0629 e. The first-order valence-electron chi connectivity index (χ1n) is 21.7. The number of para-hydroxylation sites is 6. The van der Waals surface area contributed by atoms with E-state index in [1.807, 2.05) is 18.2 Å². The topological polar surface area (TPSA) is 14.8 Å². The molecule has 3 heterocycles. The van der Waals surface area contributed by atoms with Crippen molar-refractivity contribution in [2.75, 3.05) is 0 Å². The minimum absolute atomic E-state index is 0.152. The second-order valence-corrected chi connectivity index (χ2v) is 14.5. The average Bonchev–Trinajstić information content (AvgIpc) is 3.96. The lowest BCUT2D eigenvalue weighted by Gasteiger charge is -2.20. The fraction of sp³-hybridized carbons (Fsp3) is 0. The summed E-state index contributed by atoms with van der Waals surface area (Å²) in [5, 5.41) is 6.77. The van der Waals surface area contributed by atoms with Crippen LogP contribution in [0.4, 0.5) is 0 Å². The lowest BCUT2D eigenvalue weighted by atomic mass is 9.95. The van der Waals surface area contributed by atoms with E-state index in [9.17, 15) is 2.74 Å². The van der Waals surface area contributed by atoms with E-state index in [0.717, 1.165) is 72.1 Å². The Morgan fingerprint density at radius 3 is 1.26 bits per heavy atom. The average molecular weight is 731 g/mol. The van der Waals surface area contributed by atoms with Crippen LogP contribution in [0.15, 0.2) is 212 Å². The summed E-state index contributed by atoms with van der Waals surface area (Å²) in [6.07, 6.45) is 0. The molecule has 0 spiro atoms. The van der Waals surface area contributed by atoms with Gasteiger partial charge in [0, 0.05) is 54.8 Å². The van der Waals surface area contributed by atoms with Gasteiger partial charge in [-0.2, -0.15) is 0 Å². The van der Waals surface area contributed by atoms with Gasteiger partial charge >= 0.3 is 0 Å². The molecule has 0 radical (unpaired) electrons. The predicted molar refractivity (Wildman–Crippen MR) is 240 cm³/mol. The standard InChI is InChI=1S/C54H35N3/c1-2-16-36(17-3-1)40-25-15-26-41(37-18-14-19-38(34-37)55-48-27-9-4-20-42(48)43-21-5-10-28-49(43)55)54(40)57-52-31-13-8-24-46(52)47-35-39(32-33-53(47)57)56-50-29-11-6-22-44(50)45-23-7-12-30-51(45)56/h1-35H/i1D,2D,3D,16D,17D. The largest absolute Gasteiger partial charge is 0.309 e. The van der Waals surface area contributed by atoms with Crippen molar-refractivity contribution in [2.24, 2.45) is 0 Å². The number of rotatable bonds is 5. The minimum Gasteiger partial charge on any atom is -0.309 e. The second-order valence-electron chi connectivity index (χ2n) is 14.5. The molecular weight excluding hydrogens is 691 g/mol. The Morgan fingerprint density at radius 1 is 0.298 bits per heavy atom. The van der Waals surface area contributed by atoms with Crippen molar-refractivity contribution in [3.8, 4) is 39.3 Å². The van der Waals surface area contributed by atoms with Crippen LogP contribution in [0.5, 0.6) is 0 Å². The fourth-order valence-electron chi connectivity index (χ4n) is 9.16. The monoisotopic (exact) mass is 730 g/mol. The Hall–Kier alpha value is -7.62. The Kier molecular flexibility index (Phi) is 5.91. The van der Waals surface area contributed by atoms with Crippen LogP contribution < -0.4 is 0 Å². The maximum atomic E-state index is 9.23. The number of hydrogen-bond donors (Lipinski definition) is 0. The van der Waals surface area contributed by atoms with Crippen LogP contribution in [0.3, 0.4) is 0 Å². The molecule has 0 bridgehead atoms. The van der Waals surface area contributed by atoms with Gasteiger partial charge in [-0.1, -0.05) is 152 Å². The maximum Gasteiger partial charge on any atom is 0.0629 e. The summed E-state index contributed by atoms with van der Waals surface area (Å²) in [4.78, 5) is 0. The van der Waals surface area contributed by atoms with E-state index in [2.05, 4.69) is 177 Å². The third kappa shape index (κ3) is 4.73. The Bertz CT molecular complexity index is 3700. The minimum atomic E-state index is -0.421. The third-order valence-corrected chi connectivity index (χ3v) is 11.5. The molecule has 0 aliphatic carbocycles. The highest BCUT2D eigenvalue weighted by atomic mass is 15.0. The van der Waals surface area contributed by atoms with Gasteiger partial charge in [0.1, 0.15) is 0 Å². The molecule has 0 saturated carbocycles. The Morgan fingerprint density at radius 2 is 0.719 bits per heavy atom. The van der Waals surface area contributed by atoms with E-state index < -0.39 is 6.04 Å². The molecule has 12 rings (SSSR count). The molecule has 0 N–H and O–H groups in total. The molecule has 0 unspecified atom stereocenters. The van der Waals surface area contributed by atoms with Crippen LogP contribution in [-0.2, 0) is 0 Å². The van der Waals surface area contributed by atoms with Crippen molar-refractivity contribution >= 4 is 65.4 Å². The molecule has 0 atom stereocenters. The molecule has 57 heavy (non-hydrogen) atoms. The molecule has 12 aromatic rings. The zero-order valence-corrected chi connectivity index (χ0v) is 30.7. The molecule has 0 aliphatic rings. The van der Waals surface area contributed by atoms with Gasteiger partial charge in [0.05, 0.1) is 45.6 Å². The molecule has 3 heteroatoms. The van der Waals surface area contributed by atoms with Crippen LogP contribution >= 0.6 is 0 Å². The van der Waals surface area contributed by atoms with Gasteiger partial charge in [-0.15, -0.1) is 0 Å². The van der Waals surface area contributed by atoms with Crippen molar-refractivity contribution in [3.05, 3.63) is 212 Å². The number of nitrogens with zero attached hydrogens (tertiary/aromatic N) is 3. The molecule has 0 fully saturated rings. The summed E-state index contributed by atoms with van der Waals surface area (Å²) in [5.41, 5.74) is 11.5. The van der Waals surface area contributed by atoms with E-state index in [1.165, 1.54) is 21.5 Å². The van der Waals surface area contributed by atoms with Gasteiger partial charge in [-0.05, 0) is 71.8 Å². The molecule has 0 aliphatic heterocycles. The van der Waals surface area contributed by atoms with Crippen LogP contribution in [0.25, 0.3) is 105 Å². The Balaban J connectivity index is 1.17. The first kappa shape index (κ1) is 27.0. The van der Waals surface area contributed by atoms with Crippen molar-refractivity contribution in [3.63, 3.8) is 0 Å². The van der Waals surface area contributed by atoms with Gasteiger partial charge in [0.2, 0.25) is 0 Å². The lowest BCUT2D eigenvalue weighted by Crippen LogP contribution is -2.01. The highest BCUT2D eigenvalue weighted by Gasteiger charge is 2.22. The van der Waals surface area contributed by atoms with E-state index >= 15 is 0 Å². The van der Waals surface area contributed by atoms with Crippen LogP contribution in [-0.4, -0.2) is 13.7 Å². The summed E-state index contributed by atoms with van der Waals surface area (Å²) in [6, 6.07) is 61.5. The molecule has 9 aromatic carbocycles. The number of aromatic nitrogens is 3. The maximum absolute atomic E-state index is 9.23. The zero-order chi connectivity index (χ0) is 41.8. The quantitative estimate of drug-likeness (QED) is 0.167. The first-order chi connectivity index (χ1) is 30.4. The van der Waals surface area contributed by atoms with Crippen molar-refractivity contribution in [1.29, 1.82) is 0 Å². The lowest BCUT2D eigenvalue weighted by molar-refractivity contribution is 1.16. The summed E-state index contributed by atoms with van der Waals surface area (Å²) in [5.74, 6) is 0. The van der Waals surface area contributed by atoms with Crippen molar-refractivity contribution in [1.82, 2.24) is 13.7 Å². The van der Waals surface area contributed by atoms with Gasteiger partial charge < -0.3 is 13.7 Å². The second kappa shape index (κ2) is 12.5. The first-order valence-corrected chi connectivity index (χ1v) is 19.2. The molecule has 266 valence electrons. The summed E-state index contributed by atoms with van der Waals surface area (Å²) >= 11 is 0. The fourth-order valence-corrected chi connectivity index (χ4v) is 9.16. The van der Waals surface area contributed by atoms with Gasteiger partial charge in [0.15, 0.2) is 0 Å². The summed E-state index contributed by atoms with van der Waals surface area (Å²) < 4.78 is 51.2. The number of fused-ring (bicyclic) bond motifs is 9. The normalized spacial score (nSPS) is 13.1. The van der Waals surface area contributed by atoms with Crippen molar-refractivity contribution < 1.29 is 6.85 Å². The van der Waals surface area contributed by atoms with E-state index in [0.29, 0.717) is 5.56 Å². The van der Waals surface area contributed by atoms with Crippen LogP contribution in [0, 0.1) is 0 Å². The third-order valence-electron chi connectivity index (χ3n) is 11.5. The van der Waals surface area contributed by atoms with Crippen molar-refractivity contribution in [2.45, 2.75) is 0 Å². The van der Waals surface area contributed by atoms with Gasteiger partial charge in [-0.3, -0.25) is 0 Å². The molecule has 0 saturated heterocycles. The number of benzene rings is 9. The molecular formula is C54H35N3. The van der Waals surface area contributed by atoms with Gasteiger partial charge in [-0.25, -0.2) is 0 Å². The predicted octanol–water partition coefficient (Wildman–Crippen LogP) is 14.3. The molecule has 0 amide bonds. The summed E-state index contributed by atoms with van der Waals surface area (Å²) in [7, 11) is 0. The Labute approximate surface area is 336 Å². The highest BCUT2D eigenvalue weighted by Crippen LogP contribution is 2.43. The SMILES string of the molecule is [2H]c1c([2H])c([2H])c(-c2cccc(-c3cccc(-n4c5ccccc5c5ccccc54)c3)c2-n2c3ccccc3c3cc(-n4c5ccccc5c5ccccc54)ccc32)c([2H])c1[2H]. The van der Waals surface area contributed by atoms with Gasteiger partial charge in [0.25, 0.3) is 0 Å². The van der Waals surface area contributed by atoms with Crippen LogP contribution in [0.1, 0.15) is 6.85 Å². The highest BCUT2D eigenvalue weighted by molar-refractivity contribution is 6.13. The van der Waals surface area contributed by atoms with E-state index in [1.54, 1.807) is 0 Å². The van der Waals surface area contributed by atoms with E-state index in [-0.39, 0.29) is 29.7 Å². The zero-order valence-electron chi connectivity index (χ0n) is 35.7. The number of hydrogen-bond acceptors (Lipinski definition) is 0.